The van der Waals surface area contributed by atoms with Crippen molar-refractivity contribution < 1.29 is 29.3 Å². The van der Waals surface area contributed by atoms with E-state index in [-0.39, 0.29) is 43.4 Å². The van der Waals surface area contributed by atoms with Gasteiger partial charge in [0.25, 0.3) is 0 Å². The first-order valence-corrected chi connectivity index (χ1v) is 10.7. The maximum absolute atomic E-state index is 12.3. The number of ether oxygens (including phenoxy) is 1. The Hall–Kier alpha value is -3.39. The number of hydrogen-bond donors (Lipinski definition) is 4. The number of alkyl carbamates (subject to hydrolysis) is 1. The SMILES string of the molecule is O=C(NC1CC(C(=O)N[C@@H](CCO)C(=O)O)C1)OCC1c2ccccc2-c2ccccc21. The monoisotopic (exact) mass is 438 g/mol. The summed E-state index contributed by atoms with van der Waals surface area (Å²) in [5, 5.41) is 23.2. The van der Waals surface area contributed by atoms with Crippen LogP contribution in [0.1, 0.15) is 36.3 Å². The highest BCUT2D eigenvalue weighted by Gasteiger charge is 2.37. The maximum Gasteiger partial charge on any atom is 0.407 e. The summed E-state index contributed by atoms with van der Waals surface area (Å²) in [4.78, 5) is 35.6. The lowest BCUT2D eigenvalue weighted by atomic mass is 9.79. The van der Waals surface area contributed by atoms with E-state index in [9.17, 15) is 14.4 Å². The Morgan fingerprint density at radius 2 is 1.59 bits per heavy atom. The third kappa shape index (κ3) is 4.45. The highest BCUT2D eigenvalue weighted by atomic mass is 16.5. The zero-order chi connectivity index (χ0) is 22.7. The van der Waals surface area contributed by atoms with Gasteiger partial charge in [0, 0.05) is 30.9 Å². The molecular formula is C24H26N2O6. The average molecular weight is 438 g/mol. The van der Waals surface area contributed by atoms with Gasteiger partial charge in [-0.2, -0.15) is 0 Å². The van der Waals surface area contributed by atoms with E-state index in [0.717, 1.165) is 22.3 Å². The van der Waals surface area contributed by atoms with Gasteiger partial charge in [-0.1, -0.05) is 48.5 Å². The summed E-state index contributed by atoms with van der Waals surface area (Å²) >= 11 is 0. The molecule has 0 unspecified atom stereocenters. The molecule has 8 nitrogen and oxygen atoms in total. The average Bonchev–Trinajstić information content (AvgIpc) is 3.08. The molecule has 0 spiro atoms. The van der Waals surface area contributed by atoms with Crippen LogP contribution >= 0.6 is 0 Å². The van der Waals surface area contributed by atoms with Crippen molar-refractivity contribution in [2.45, 2.75) is 37.3 Å². The number of nitrogens with one attached hydrogen (secondary N) is 2. The van der Waals surface area contributed by atoms with Gasteiger partial charge < -0.3 is 25.6 Å². The highest BCUT2D eigenvalue weighted by Crippen LogP contribution is 2.44. The van der Waals surface area contributed by atoms with Gasteiger partial charge >= 0.3 is 12.1 Å². The first kappa shape index (κ1) is 21.8. The lowest BCUT2D eigenvalue weighted by molar-refractivity contribution is -0.143. The summed E-state index contributed by atoms with van der Waals surface area (Å²) in [6, 6.07) is 14.9. The van der Waals surface area contributed by atoms with Crippen LogP contribution in [0.2, 0.25) is 0 Å². The molecule has 168 valence electrons. The van der Waals surface area contributed by atoms with E-state index < -0.39 is 18.1 Å². The van der Waals surface area contributed by atoms with Crippen molar-refractivity contribution in [1.29, 1.82) is 0 Å². The molecule has 2 aliphatic carbocycles. The zero-order valence-corrected chi connectivity index (χ0v) is 17.5. The number of amides is 2. The number of hydrogen-bond acceptors (Lipinski definition) is 5. The number of aliphatic hydroxyl groups is 1. The van der Waals surface area contributed by atoms with Crippen LogP contribution in [0, 0.1) is 5.92 Å². The summed E-state index contributed by atoms with van der Waals surface area (Å²) in [5.74, 6) is -1.95. The molecule has 32 heavy (non-hydrogen) atoms. The molecule has 0 saturated heterocycles. The number of carboxylic acid groups (broad SMARTS) is 1. The Balaban J connectivity index is 1.26. The molecule has 4 N–H and O–H groups in total. The number of fused-ring (bicyclic) bond motifs is 3. The fourth-order valence-corrected chi connectivity index (χ4v) is 4.43. The van der Waals surface area contributed by atoms with E-state index in [4.69, 9.17) is 14.9 Å². The van der Waals surface area contributed by atoms with Crippen molar-refractivity contribution in [2.24, 2.45) is 5.92 Å². The van der Waals surface area contributed by atoms with Crippen LogP contribution in [0.4, 0.5) is 4.79 Å². The molecule has 0 heterocycles. The third-order valence-electron chi connectivity index (χ3n) is 6.21. The Morgan fingerprint density at radius 1 is 1.00 bits per heavy atom. The third-order valence-corrected chi connectivity index (χ3v) is 6.21. The van der Waals surface area contributed by atoms with Crippen LogP contribution < -0.4 is 10.6 Å². The van der Waals surface area contributed by atoms with Crippen LogP contribution in [-0.4, -0.2) is 53.5 Å². The molecular weight excluding hydrogens is 412 g/mol. The molecule has 0 bridgehead atoms. The second-order valence-electron chi connectivity index (χ2n) is 8.25. The van der Waals surface area contributed by atoms with Gasteiger partial charge in [0.2, 0.25) is 5.91 Å². The molecule has 1 atom stereocenters. The van der Waals surface area contributed by atoms with Gasteiger partial charge in [0.1, 0.15) is 12.6 Å². The van der Waals surface area contributed by atoms with Gasteiger partial charge in [0.15, 0.2) is 0 Å². The molecule has 1 saturated carbocycles. The molecule has 2 aromatic carbocycles. The van der Waals surface area contributed by atoms with Gasteiger partial charge in [-0.25, -0.2) is 9.59 Å². The predicted molar refractivity (Wildman–Crippen MR) is 116 cm³/mol. The number of rotatable bonds is 8. The van der Waals surface area contributed by atoms with Crippen LogP contribution in [-0.2, 0) is 14.3 Å². The van der Waals surface area contributed by atoms with Gasteiger partial charge in [-0.05, 0) is 35.1 Å². The minimum Gasteiger partial charge on any atom is -0.480 e. The Labute approximate surface area is 185 Å². The Morgan fingerprint density at radius 3 is 2.16 bits per heavy atom. The predicted octanol–water partition coefficient (Wildman–Crippen LogP) is 2.26. The number of carboxylic acids is 1. The molecule has 2 aliphatic rings. The van der Waals surface area contributed by atoms with Crippen LogP contribution in [0.25, 0.3) is 11.1 Å². The largest absolute Gasteiger partial charge is 0.480 e. The lowest BCUT2D eigenvalue weighted by Gasteiger charge is -2.35. The van der Waals surface area contributed by atoms with E-state index in [1.54, 1.807) is 0 Å². The zero-order valence-electron chi connectivity index (χ0n) is 17.5. The van der Waals surface area contributed by atoms with Crippen LogP contribution in [0.15, 0.2) is 48.5 Å². The first-order chi connectivity index (χ1) is 15.5. The van der Waals surface area contributed by atoms with Crippen molar-refractivity contribution in [3.05, 3.63) is 59.7 Å². The summed E-state index contributed by atoms with van der Waals surface area (Å²) in [6.45, 7) is -0.105. The molecule has 0 radical (unpaired) electrons. The van der Waals surface area contributed by atoms with Gasteiger partial charge in [0.05, 0.1) is 0 Å². The Bertz CT molecular complexity index is 972. The molecule has 0 aliphatic heterocycles. The fraction of sp³-hybridized carbons (Fsp3) is 0.375. The van der Waals surface area contributed by atoms with Gasteiger partial charge in [-0.3, -0.25) is 4.79 Å². The van der Waals surface area contributed by atoms with Gasteiger partial charge in [-0.15, -0.1) is 0 Å². The van der Waals surface area contributed by atoms with E-state index in [1.165, 1.54) is 0 Å². The smallest absolute Gasteiger partial charge is 0.407 e. The minimum absolute atomic E-state index is 0.0208. The second kappa shape index (κ2) is 9.40. The van der Waals surface area contributed by atoms with Crippen molar-refractivity contribution in [3.8, 4) is 11.1 Å². The Kier molecular flexibility index (Phi) is 6.41. The lowest BCUT2D eigenvalue weighted by Crippen LogP contribution is -2.52. The van der Waals surface area contributed by atoms with Crippen molar-refractivity contribution in [3.63, 3.8) is 0 Å². The van der Waals surface area contributed by atoms with Crippen LogP contribution in [0.3, 0.4) is 0 Å². The minimum atomic E-state index is -1.18. The molecule has 4 rings (SSSR count). The standard InChI is InChI=1S/C24H26N2O6/c27-10-9-21(23(29)30)26-22(28)14-11-15(12-14)25-24(31)32-13-20-18-7-3-1-5-16(18)17-6-2-4-8-19(17)20/h1-8,14-15,20-21,27H,9-13H2,(H,25,31)(H,26,28)(H,29,30)/t14?,15?,21-/m0/s1. The number of benzene rings is 2. The van der Waals surface area contributed by atoms with Crippen molar-refractivity contribution in [1.82, 2.24) is 10.6 Å². The van der Waals surface area contributed by atoms with E-state index in [1.807, 2.05) is 24.3 Å². The normalized spacial score (nSPS) is 19.8. The summed E-state index contributed by atoms with van der Waals surface area (Å²) in [5.41, 5.74) is 4.59. The quantitative estimate of drug-likeness (QED) is 0.501. The molecule has 0 aromatic heterocycles. The maximum atomic E-state index is 12.3. The van der Waals surface area contributed by atoms with Crippen LogP contribution in [0.5, 0.6) is 0 Å². The molecule has 2 amide bonds. The summed E-state index contributed by atoms with van der Waals surface area (Å²) in [6.07, 6.45) is 0.262. The topological polar surface area (TPSA) is 125 Å². The molecule has 8 heteroatoms. The molecule has 1 fully saturated rings. The number of aliphatic hydroxyl groups excluding tert-OH is 1. The molecule has 2 aromatic rings. The second-order valence-corrected chi connectivity index (χ2v) is 8.25. The van der Waals surface area contributed by atoms with E-state index in [0.29, 0.717) is 12.8 Å². The first-order valence-electron chi connectivity index (χ1n) is 10.7. The summed E-state index contributed by atoms with van der Waals surface area (Å²) < 4.78 is 5.51. The number of carbonyl (C=O) groups is 3. The summed E-state index contributed by atoms with van der Waals surface area (Å²) in [7, 11) is 0. The number of aliphatic carboxylic acids is 1. The number of carbonyl (C=O) groups excluding carboxylic acids is 2. The highest BCUT2D eigenvalue weighted by molar-refractivity contribution is 5.86. The van der Waals surface area contributed by atoms with Crippen molar-refractivity contribution in [2.75, 3.05) is 13.2 Å². The van der Waals surface area contributed by atoms with Crippen molar-refractivity contribution >= 4 is 18.0 Å². The van der Waals surface area contributed by atoms with E-state index >= 15 is 0 Å². The fourth-order valence-electron chi connectivity index (χ4n) is 4.43. The van der Waals surface area contributed by atoms with E-state index in [2.05, 4.69) is 34.9 Å².